The molecule has 2 rings (SSSR count). The lowest BCUT2D eigenvalue weighted by molar-refractivity contribution is 1.34. The molecule has 0 aliphatic carbocycles. The van der Waals surface area contributed by atoms with Crippen LogP contribution in [0, 0.1) is 5.41 Å². The van der Waals surface area contributed by atoms with Gasteiger partial charge >= 0.3 is 0 Å². The molecule has 0 saturated carbocycles. The second-order valence-corrected chi connectivity index (χ2v) is 2.52. The first-order valence-corrected chi connectivity index (χ1v) is 3.55. The summed E-state index contributed by atoms with van der Waals surface area (Å²) in [6.07, 6.45) is 1.59. The fourth-order valence-electron chi connectivity index (χ4n) is 1.19. The SMILES string of the molecule is N=C(N)c1cccc2nc[nH]c12. The quantitative estimate of drug-likeness (QED) is 0.427. The number of aromatic nitrogens is 2. The van der Waals surface area contributed by atoms with Gasteiger partial charge in [0.2, 0.25) is 0 Å². The van der Waals surface area contributed by atoms with Gasteiger partial charge in [-0.2, -0.15) is 0 Å². The average Bonchev–Trinajstić information content (AvgIpc) is 2.49. The molecule has 0 spiro atoms. The van der Waals surface area contributed by atoms with E-state index in [1.54, 1.807) is 12.4 Å². The van der Waals surface area contributed by atoms with Crippen molar-refractivity contribution in [1.29, 1.82) is 5.41 Å². The fraction of sp³-hybridized carbons (Fsp3) is 0. The lowest BCUT2D eigenvalue weighted by Crippen LogP contribution is -2.11. The zero-order valence-corrected chi connectivity index (χ0v) is 6.33. The highest BCUT2D eigenvalue weighted by molar-refractivity contribution is 6.05. The lowest BCUT2D eigenvalue weighted by Gasteiger charge is -1.97. The van der Waals surface area contributed by atoms with Crippen LogP contribution >= 0.6 is 0 Å². The van der Waals surface area contributed by atoms with Crippen LogP contribution in [-0.4, -0.2) is 15.8 Å². The molecular weight excluding hydrogens is 152 g/mol. The summed E-state index contributed by atoms with van der Waals surface area (Å²) in [4.78, 5) is 6.99. The zero-order valence-electron chi connectivity index (χ0n) is 6.33. The summed E-state index contributed by atoms with van der Waals surface area (Å²) in [6.45, 7) is 0. The van der Waals surface area contributed by atoms with Crippen molar-refractivity contribution in [3.8, 4) is 0 Å². The molecule has 0 aliphatic heterocycles. The summed E-state index contributed by atoms with van der Waals surface area (Å²) < 4.78 is 0. The van der Waals surface area contributed by atoms with Gasteiger partial charge in [0.25, 0.3) is 0 Å². The molecule has 0 amide bonds. The molecule has 60 valence electrons. The molecule has 4 nitrogen and oxygen atoms in total. The second kappa shape index (κ2) is 2.34. The molecule has 0 unspecified atom stereocenters. The molecular formula is C8H8N4. The van der Waals surface area contributed by atoms with Crippen LogP contribution in [0.5, 0.6) is 0 Å². The smallest absolute Gasteiger partial charge is 0.124 e. The number of para-hydroxylation sites is 1. The van der Waals surface area contributed by atoms with E-state index in [-0.39, 0.29) is 5.84 Å². The number of rotatable bonds is 1. The van der Waals surface area contributed by atoms with E-state index < -0.39 is 0 Å². The van der Waals surface area contributed by atoms with Gasteiger partial charge in [-0.05, 0) is 12.1 Å². The predicted octanol–water partition coefficient (Wildman–Crippen LogP) is 0.847. The van der Waals surface area contributed by atoms with Crippen molar-refractivity contribution in [2.45, 2.75) is 0 Å². The fourth-order valence-corrected chi connectivity index (χ4v) is 1.19. The normalized spacial score (nSPS) is 10.3. The van der Waals surface area contributed by atoms with Gasteiger partial charge in [-0.1, -0.05) is 6.07 Å². The Bertz CT molecular complexity index is 429. The number of fused-ring (bicyclic) bond motifs is 1. The highest BCUT2D eigenvalue weighted by Crippen LogP contribution is 2.13. The van der Waals surface area contributed by atoms with Crippen LogP contribution in [0.4, 0.5) is 0 Å². The Kier molecular flexibility index (Phi) is 1.33. The van der Waals surface area contributed by atoms with Crippen molar-refractivity contribution in [3.05, 3.63) is 30.1 Å². The Labute approximate surface area is 68.9 Å². The first-order valence-electron chi connectivity index (χ1n) is 3.55. The molecule has 0 bridgehead atoms. The Balaban J connectivity index is 2.82. The van der Waals surface area contributed by atoms with Crippen LogP contribution in [0.2, 0.25) is 0 Å². The summed E-state index contributed by atoms with van der Waals surface area (Å²) in [5.41, 5.74) is 7.73. The van der Waals surface area contributed by atoms with Crippen LogP contribution in [-0.2, 0) is 0 Å². The molecule has 0 fully saturated rings. The van der Waals surface area contributed by atoms with Crippen molar-refractivity contribution in [2.75, 3.05) is 0 Å². The number of nitrogens with zero attached hydrogens (tertiary/aromatic N) is 1. The summed E-state index contributed by atoms with van der Waals surface area (Å²) in [5, 5.41) is 7.29. The number of aromatic amines is 1. The second-order valence-electron chi connectivity index (χ2n) is 2.52. The van der Waals surface area contributed by atoms with Crippen LogP contribution in [0.15, 0.2) is 24.5 Å². The Morgan fingerprint density at radius 2 is 2.33 bits per heavy atom. The molecule has 0 radical (unpaired) electrons. The van der Waals surface area contributed by atoms with Crippen molar-refractivity contribution < 1.29 is 0 Å². The maximum Gasteiger partial charge on any atom is 0.124 e. The number of nitrogens with two attached hydrogens (primary N) is 1. The number of hydrogen-bond donors (Lipinski definition) is 3. The molecule has 4 heteroatoms. The van der Waals surface area contributed by atoms with E-state index in [9.17, 15) is 0 Å². The van der Waals surface area contributed by atoms with Crippen molar-refractivity contribution >= 4 is 16.9 Å². The van der Waals surface area contributed by atoms with E-state index in [2.05, 4.69) is 9.97 Å². The van der Waals surface area contributed by atoms with Crippen molar-refractivity contribution in [3.63, 3.8) is 0 Å². The van der Waals surface area contributed by atoms with Gasteiger partial charge in [0.05, 0.1) is 17.4 Å². The van der Waals surface area contributed by atoms with Crippen LogP contribution < -0.4 is 5.73 Å². The molecule has 1 heterocycles. The van der Waals surface area contributed by atoms with Gasteiger partial charge in [-0.3, -0.25) is 5.41 Å². The van der Waals surface area contributed by atoms with Crippen molar-refractivity contribution in [1.82, 2.24) is 9.97 Å². The number of benzene rings is 1. The molecule has 1 aromatic heterocycles. The molecule has 4 N–H and O–H groups in total. The maximum absolute atomic E-state index is 7.29. The molecule has 0 aliphatic rings. The van der Waals surface area contributed by atoms with Crippen LogP contribution in [0.25, 0.3) is 11.0 Å². The molecule has 1 aromatic carbocycles. The standard InChI is InChI=1S/C8H8N4/c9-8(10)5-2-1-3-6-7(5)12-4-11-6/h1-4H,(H3,9,10)(H,11,12). The van der Waals surface area contributed by atoms with E-state index in [0.717, 1.165) is 11.0 Å². The number of H-pyrrole nitrogens is 1. The molecule has 0 saturated heterocycles. The van der Waals surface area contributed by atoms with E-state index in [1.807, 2.05) is 12.1 Å². The molecule has 12 heavy (non-hydrogen) atoms. The number of amidine groups is 1. The van der Waals surface area contributed by atoms with Crippen LogP contribution in [0.3, 0.4) is 0 Å². The highest BCUT2D eigenvalue weighted by Gasteiger charge is 2.03. The minimum atomic E-state index is 0.0600. The first kappa shape index (κ1) is 6.84. The minimum Gasteiger partial charge on any atom is -0.384 e. The zero-order chi connectivity index (χ0) is 8.55. The third kappa shape index (κ3) is 0.852. The van der Waals surface area contributed by atoms with E-state index in [0.29, 0.717) is 5.56 Å². The number of imidazole rings is 1. The van der Waals surface area contributed by atoms with Crippen molar-refractivity contribution in [2.24, 2.45) is 5.73 Å². The predicted molar refractivity (Wildman–Crippen MR) is 47.1 cm³/mol. The summed E-state index contributed by atoms with van der Waals surface area (Å²) in [6, 6.07) is 5.50. The van der Waals surface area contributed by atoms with E-state index in [4.69, 9.17) is 11.1 Å². The number of hydrogen-bond acceptors (Lipinski definition) is 2. The molecule has 2 aromatic rings. The topological polar surface area (TPSA) is 78.6 Å². The van der Waals surface area contributed by atoms with Gasteiger partial charge < -0.3 is 10.7 Å². The van der Waals surface area contributed by atoms with Gasteiger partial charge in [0.15, 0.2) is 0 Å². The number of nitrogens with one attached hydrogen (secondary N) is 2. The van der Waals surface area contributed by atoms with E-state index >= 15 is 0 Å². The lowest BCUT2D eigenvalue weighted by atomic mass is 10.2. The third-order valence-corrected chi connectivity index (χ3v) is 1.75. The Hall–Kier alpha value is -1.84. The highest BCUT2D eigenvalue weighted by atomic mass is 14.9. The Morgan fingerprint density at radius 1 is 1.50 bits per heavy atom. The summed E-state index contributed by atoms with van der Waals surface area (Å²) >= 11 is 0. The van der Waals surface area contributed by atoms with Gasteiger partial charge in [-0.25, -0.2) is 4.98 Å². The van der Waals surface area contributed by atoms with Gasteiger partial charge in [0.1, 0.15) is 5.84 Å². The maximum atomic E-state index is 7.29. The van der Waals surface area contributed by atoms with Crippen LogP contribution in [0.1, 0.15) is 5.56 Å². The summed E-state index contributed by atoms with van der Waals surface area (Å²) in [5.74, 6) is 0.0600. The minimum absolute atomic E-state index is 0.0600. The summed E-state index contributed by atoms with van der Waals surface area (Å²) in [7, 11) is 0. The van der Waals surface area contributed by atoms with E-state index in [1.165, 1.54) is 0 Å². The van der Waals surface area contributed by atoms with Gasteiger partial charge in [0, 0.05) is 5.56 Å². The Morgan fingerprint density at radius 3 is 3.08 bits per heavy atom. The first-order chi connectivity index (χ1) is 5.79. The third-order valence-electron chi connectivity index (χ3n) is 1.75. The molecule has 0 atom stereocenters. The largest absolute Gasteiger partial charge is 0.384 e. The number of nitrogen functional groups attached to an aromatic ring is 1. The monoisotopic (exact) mass is 160 g/mol. The van der Waals surface area contributed by atoms with Gasteiger partial charge in [-0.15, -0.1) is 0 Å². The average molecular weight is 160 g/mol.